The molecule has 0 aliphatic carbocycles. The van der Waals surface area contributed by atoms with Gasteiger partial charge >= 0.3 is 0 Å². The molecule has 0 unspecified atom stereocenters. The van der Waals surface area contributed by atoms with Crippen LogP contribution < -0.4 is 4.72 Å². The Labute approximate surface area is 108 Å². The van der Waals surface area contributed by atoms with Crippen LogP contribution in [0.15, 0.2) is 41.4 Å². The normalized spacial score (nSPS) is 16.4. The van der Waals surface area contributed by atoms with Gasteiger partial charge in [-0.3, -0.25) is 4.79 Å². The molecule has 5 nitrogen and oxygen atoms in total. The zero-order chi connectivity index (χ0) is 12.9. The standard InChI is InChI=1S/C11H7ClN2O3S/c12-7-3-4-8-10(6-7)18(16,17)13-11(15)9-2-1-5-14(8)9/h1-6H,(H,13,15). The summed E-state index contributed by atoms with van der Waals surface area (Å²) in [5.41, 5.74) is 0.664. The molecule has 0 bridgehead atoms. The predicted molar refractivity (Wildman–Crippen MR) is 65.4 cm³/mol. The van der Waals surface area contributed by atoms with Gasteiger partial charge in [0.1, 0.15) is 10.6 Å². The van der Waals surface area contributed by atoms with Crippen LogP contribution >= 0.6 is 11.6 Å². The van der Waals surface area contributed by atoms with E-state index in [4.69, 9.17) is 11.6 Å². The summed E-state index contributed by atoms with van der Waals surface area (Å²) in [6, 6.07) is 7.69. The minimum Gasteiger partial charge on any atom is -0.311 e. The van der Waals surface area contributed by atoms with Gasteiger partial charge in [-0.1, -0.05) is 11.6 Å². The van der Waals surface area contributed by atoms with Crippen LogP contribution in [0.25, 0.3) is 5.69 Å². The summed E-state index contributed by atoms with van der Waals surface area (Å²) in [5, 5.41) is 0.294. The minimum atomic E-state index is -3.89. The van der Waals surface area contributed by atoms with E-state index in [-0.39, 0.29) is 10.6 Å². The summed E-state index contributed by atoms with van der Waals surface area (Å²) < 4.78 is 27.6. The summed E-state index contributed by atoms with van der Waals surface area (Å²) in [5.74, 6) is -0.660. The lowest BCUT2D eigenvalue weighted by molar-refractivity contribution is 0.0976. The van der Waals surface area contributed by atoms with Gasteiger partial charge in [0.2, 0.25) is 0 Å². The summed E-state index contributed by atoms with van der Waals surface area (Å²) in [6.45, 7) is 0. The number of nitrogens with zero attached hydrogens (tertiary/aromatic N) is 1. The van der Waals surface area contributed by atoms with Crippen molar-refractivity contribution in [2.75, 3.05) is 0 Å². The number of aromatic nitrogens is 1. The lowest BCUT2D eigenvalue weighted by atomic mass is 10.3. The van der Waals surface area contributed by atoms with Crippen LogP contribution in [0.1, 0.15) is 10.5 Å². The van der Waals surface area contributed by atoms with Crippen LogP contribution in [0.3, 0.4) is 0 Å². The van der Waals surface area contributed by atoms with Gasteiger partial charge in [-0.25, -0.2) is 13.1 Å². The van der Waals surface area contributed by atoms with Gasteiger partial charge in [-0.05, 0) is 30.3 Å². The van der Waals surface area contributed by atoms with Crippen LogP contribution in [0, 0.1) is 0 Å². The Hall–Kier alpha value is -1.79. The van der Waals surface area contributed by atoms with E-state index < -0.39 is 15.9 Å². The third-order valence-corrected chi connectivity index (χ3v) is 4.27. The molecule has 18 heavy (non-hydrogen) atoms. The fourth-order valence-corrected chi connectivity index (χ4v) is 3.33. The van der Waals surface area contributed by atoms with E-state index in [1.165, 1.54) is 10.6 Å². The van der Waals surface area contributed by atoms with Gasteiger partial charge in [0.15, 0.2) is 0 Å². The van der Waals surface area contributed by atoms with Crippen molar-refractivity contribution >= 4 is 27.5 Å². The van der Waals surface area contributed by atoms with E-state index >= 15 is 0 Å². The number of hydrogen-bond donors (Lipinski definition) is 1. The number of rotatable bonds is 0. The summed E-state index contributed by atoms with van der Waals surface area (Å²) in [4.78, 5) is 11.8. The number of fused-ring (bicyclic) bond motifs is 3. The maximum Gasteiger partial charge on any atom is 0.281 e. The van der Waals surface area contributed by atoms with Crippen molar-refractivity contribution in [1.29, 1.82) is 0 Å². The Morgan fingerprint density at radius 2 is 2.00 bits per heavy atom. The molecule has 0 saturated heterocycles. The molecule has 1 N–H and O–H groups in total. The highest BCUT2D eigenvalue weighted by Crippen LogP contribution is 2.27. The highest BCUT2D eigenvalue weighted by molar-refractivity contribution is 7.90. The number of halogens is 1. The molecule has 1 aliphatic rings. The average molecular weight is 283 g/mol. The lowest BCUT2D eigenvalue weighted by Crippen LogP contribution is -2.29. The van der Waals surface area contributed by atoms with Crippen LogP contribution in [-0.4, -0.2) is 18.9 Å². The fourth-order valence-electron chi connectivity index (χ4n) is 1.91. The molecule has 2 heterocycles. The molecule has 3 rings (SSSR count). The van der Waals surface area contributed by atoms with E-state index in [1.54, 1.807) is 30.5 Å². The van der Waals surface area contributed by atoms with Gasteiger partial charge in [-0.15, -0.1) is 0 Å². The minimum absolute atomic E-state index is 0.0155. The monoisotopic (exact) mass is 282 g/mol. The first-order chi connectivity index (χ1) is 8.49. The lowest BCUT2D eigenvalue weighted by Gasteiger charge is -2.08. The third kappa shape index (κ3) is 1.53. The molecular formula is C11H7ClN2O3S. The zero-order valence-electron chi connectivity index (χ0n) is 8.92. The maximum atomic E-state index is 12.0. The fraction of sp³-hybridized carbons (Fsp3) is 0. The van der Waals surface area contributed by atoms with Gasteiger partial charge in [0, 0.05) is 11.2 Å². The number of carbonyl (C=O) groups is 1. The Balaban J connectivity index is 2.44. The Kier molecular flexibility index (Phi) is 2.26. The number of carbonyl (C=O) groups excluding carboxylic acids is 1. The molecule has 0 spiro atoms. The molecule has 0 radical (unpaired) electrons. The molecule has 0 fully saturated rings. The average Bonchev–Trinajstić information content (AvgIpc) is 2.74. The summed E-state index contributed by atoms with van der Waals surface area (Å²) in [6.07, 6.45) is 1.63. The second-order valence-corrected chi connectivity index (χ2v) is 5.90. The largest absolute Gasteiger partial charge is 0.311 e. The van der Waals surface area contributed by atoms with Crippen LogP contribution in [0.2, 0.25) is 5.02 Å². The number of benzene rings is 1. The Morgan fingerprint density at radius 1 is 1.22 bits per heavy atom. The number of hydrogen-bond acceptors (Lipinski definition) is 3. The molecule has 1 aromatic carbocycles. The molecule has 1 aliphatic heterocycles. The first-order valence-corrected chi connectivity index (χ1v) is 6.89. The van der Waals surface area contributed by atoms with E-state index in [2.05, 4.69) is 0 Å². The molecule has 1 amide bonds. The highest BCUT2D eigenvalue weighted by atomic mass is 35.5. The second-order valence-electron chi connectivity index (χ2n) is 3.81. The molecule has 2 aromatic rings. The SMILES string of the molecule is O=C1NS(=O)(=O)c2cc(Cl)ccc2-n2cccc21. The molecule has 1 aromatic heterocycles. The van der Waals surface area contributed by atoms with Crippen LogP contribution in [-0.2, 0) is 10.0 Å². The second kappa shape index (κ2) is 3.60. The Bertz CT molecular complexity index is 764. The number of amides is 1. The maximum absolute atomic E-state index is 12.0. The van der Waals surface area contributed by atoms with Crippen molar-refractivity contribution in [3.63, 3.8) is 0 Å². The van der Waals surface area contributed by atoms with E-state index in [9.17, 15) is 13.2 Å². The van der Waals surface area contributed by atoms with Crippen molar-refractivity contribution in [2.24, 2.45) is 0 Å². The molecule has 0 atom stereocenters. The number of nitrogens with one attached hydrogen (secondary N) is 1. The number of sulfonamides is 1. The van der Waals surface area contributed by atoms with E-state index in [0.717, 1.165) is 0 Å². The zero-order valence-corrected chi connectivity index (χ0v) is 10.5. The van der Waals surface area contributed by atoms with Crippen LogP contribution in [0.4, 0.5) is 0 Å². The van der Waals surface area contributed by atoms with E-state index in [1.807, 2.05) is 4.72 Å². The van der Waals surface area contributed by atoms with Gasteiger partial charge in [0.05, 0.1) is 5.69 Å². The van der Waals surface area contributed by atoms with Crippen molar-refractivity contribution < 1.29 is 13.2 Å². The van der Waals surface area contributed by atoms with Crippen LogP contribution in [0.5, 0.6) is 0 Å². The van der Waals surface area contributed by atoms with Gasteiger partial charge in [-0.2, -0.15) is 0 Å². The highest BCUT2D eigenvalue weighted by Gasteiger charge is 2.29. The summed E-state index contributed by atoms with van der Waals surface area (Å²) in [7, 11) is -3.89. The predicted octanol–water partition coefficient (Wildman–Crippen LogP) is 1.56. The van der Waals surface area contributed by atoms with Crippen molar-refractivity contribution in [3.05, 3.63) is 47.2 Å². The molecule has 7 heteroatoms. The third-order valence-electron chi connectivity index (χ3n) is 2.68. The molecular weight excluding hydrogens is 276 g/mol. The quantitative estimate of drug-likeness (QED) is 0.797. The summed E-state index contributed by atoms with van der Waals surface area (Å²) >= 11 is 5.81. The van der Waals surface area contributed by atoms with Crippen molar-refractivity contribution in [2.45, 2.75) is 4.90 Å². The molecule has 92 valence electrons. The first-order valence-electron chi connectivity index (χ1n) is 5.03. The smallest absolute Gasteiger partial charge is 0.281 e. The van der Waals surface area contributed by atoms with Gasteiger partial charge in [0.25, 0.3) is 15.9 Å². The van der Waals surface area contributed by atoms with Gasteiger partial charge < -0.3 is 4.57 Å². The topological polar surface area (TPSA) is 68.2 Å². The Morgan fingerprint density at radius 3 is 2.78 bits per heavy atom. The first kappa shape index (κ1) is 11.3. The van der Waals surface area contributed by atoms with E-state index in [0.29, 0.717) is 10.7 Å². The van der Waals surface area contributed by atoms with Crippen molar-refractivity contribution in [1.82, 2.24) is 9.29 Å². The molecule has 0 saturated carbocycles. The van der Waals surface area contributed by atoms with Crippen molar-refractivity contribution in [3.8, 4) is 5.69 Å².